The van der Waals surface area contributed by atoms with Gasteiger partial charge in [-0.1, -0.05) is 43.3 Å². The third-order valence-electron chi connectivity index (χ3n) is 3.84. The number of fused-ring (bicyclic) bond motifs is 1. The molecular formula is C18H20N4O. The molecular weight excluding hydrogens is 288 g/mol. The van der Waals surface area contributed by atoms with E-state index in [-0.39, 0.29) is 12.5 Å². The molecule has 0 saturated carbocycles. The van der Waals surface area contributed by atoms with Gasteiger partial charge in [-0.2, -0.15) is 0 Å². The van der Waals surface area contributed by atoms with Crippen LogP contribution in [0.5, 0.6) is 0 Å². The number of nitrogen functional groups attached to an aromatic ring is 1. The molecule has 0 aliphatic carbocycles. The maximum absolute atomic E-state index is 12.3. The summed E-state index contributed by atoms with van der Waals surface area (Å²) < 4.78 is 1.94. The maximum atomic E-state index is 12.3. The summed E-state index contributed by atoms with van der Waals surface area (Å²) in [6.07, 6.45) is 0.750. The van der Waals surface area contributed by atoms with Crippen LogP contribution in [0.1, 0.15) is 18.3 Å². The number of benzene rings is 2. The Bertz CT molecular complexity index is 824. The third-order valence-corrected chi connectivity index (χ3v) is 3.84. The van der Waals surface area contributed by atoms with E-state index in [0.717, 1.165) is 28.8 Å². The van der Waals surface area contributed by atoms with Gasteiger partial charge in [0, 0.05) is 13.0 Å². The zero-order valence-electron chi connectivity index (χ0n) is 13.1. The lowest BCUT2D eigenvalue weighted by atomic mass is 10.2. The number of hydrogen-bond acceptors (Lipinski definition) is 3. The highest BCUT2D eigenvalue weighted by Crippen LogP contribution is 2.22. The number of nitrogens with zero attached hydrogens (tertiary/aromatic N) is 2. The quantitative estimate of drug-likeness (QED) is 0.711. The van der Waals surface area contributed by atoms with E-state index in [4.69, 9.17) is 5.73 Å². The van der Waals surface area contributed by atoms with Crippen LogP contribution in [0, 0.1) is 0 Å². The molecule has 3 N–H and O–H groups in total. The molecule has 1 heterocycles. The third kappa shape index (κ3) is 3.18. The number of para-hydroxylation sites is 1. The molecule has 1 aromatic heterocycles. The Kier molecular flexibility index (Phi) is 4.28. The van der Waals surface area contributed by atoms with Crippen LogP contribution in [-0.2, 0) is 24.3 Å². The van der Waals surface area contributed by atoms with E-state index in [1.54, 1.807) is 0 Å². The van der Waals surface area contributed by atoms with Crippen LogP contribution in [0.3, 0.4) is 0 Å². The van der Waals surface area contributed by atoms with Gasteiger partial charge >= 0.3 is 0 Å². The minimum absolute atomic E-state index is 0.0368. The van der Waals surface area contributed by atoms with Crippen LogP contribution in [0.25, 0.3) is 11.0 Å². The lowest BCUT2D eigenvalue weighted by Gasteiger charge is -2.09. The first-order valence-corrected chi connectivity index (χ1v) is 7.73. The van der Waals surface area contributed by atoms with Gasteiger partial charge in [-0.3, -0.25) is 4.79 Å². The van der Waals surface area contributed by atoms with Crippen molar-refractivity contribution in [2.45, 2.75) is 26.4 Å². The van der Waals surface area contributed by atoms with Crippen molar-refractivity contribution in [1.29, 1.82) is 0 Å². The predicted molar refractivity (Wildman–Crippen MR) is 91.8 cm³/mol. The highest BCUT2D eigenvalue weighted by atomic mass is 16.1. The summed E-state index contributed by atoms with van der Waals surface area (Å²) in [6.45, 7) is 2.79. The van der Waals surface area contributed by atoms with Crippen LogP contribution < -0.4 is 11.1 Å². The number of nitrogens with one attached hydrogen (secondary N) is 1. The normalized spacial score (nSPS) is 10.8. The standard InChI is InChI=1S/C18H20N4O/c1-2-16-21-18-14(19)9-6-10-15(18)22(16)12-17(23)20-11-13-7-4-3-5-8-13/h3-10H,2,11-12,19H2,1H3,(H,20,23). The fourth-order valence-electron chi connectivity index (χ4n) is 2.66. The molecule has 0 atom stereocenters. The van der Waals surface area contributed by atoms with Gasteiger partial charge in [0.25, 0.3) is 0 Å². The molecule has 0 fully saturated rings. The van der Waals surface area contributed by atoms with Crippen molar-refractivity contribution in [2.75, 3.05) is 5.73 Å². The van der Waals surface area contributed by atoms with Crippen molar-refractivity contribution in [3.05, 3.63) is 59.9 Å². The van der Waals surface area contributed by atoms with Gasteiger partial charge in [-0.25, -0.2) is 4.98 Å². The first kappa shape index (κ1) is 15.1. The van der Waals surface area contributed by atoms with Gasteiger partial charge in [0.2, 0.25) is 5.91 Å². The number of carbonyl (C=O) groups is 1. The van der Waals surface area contributed by atoms with Crippen molar-refractivity contribution in [2.24, 2.45) is 0 Å². The summed E-state index contributed by atoms with van der Waals surface area (Å²) in [4.78, 5) is 16.8. The Balaban J connectivity index is 1.78. The number of amides is 1. The Labute approximate surface area is 135 Å². The average molecular weight is 308 g/mol. The van der Waals surface area contributed by atoms with Crippen molar-refractivity contribution < 1.29 is 4.79 Å². The highest BCUT2D eigenvalue weighted by molar-refractivity contribution is 5.89. The van der Waals surface area contributed by atoms with Gasteiger partial charge < -0.3 is 15.6 Å². The van der Waals surface area contributed by atoms with Crippen LogP contribution in [-0.4, -0.2) is 15.5 Å². The fraction of sp³-hybridized carbons (Fsp3) is 0.222. The number of imidazole rings is 1. The molecule has 1 amide bonds. The summed E-state index contributed by atoms with van der Waals surface area (Å²) in [6, 6.07) is 15.5. The summed E-state index contributed by atoms with van der Waals surface area (Å²) in [5, 5.41) is 2.95. The zero-order valence-corrected chi connectivity index (χ0v) is 13.1. The van der Waals surface area contributed by atoms with Crippen molar-refractivity contribution >= 4 is 22.6 Å². The second-order valence-electron chi connectivity index (χ2n) is 5.45. The number of hydrogen-bond donors (Lipinski definition) is 2. The van der Waals surface area contributed by atoms with Gasteiger partial charge in [-0.05, 0) is 17.7 Å². The van der Waals surface area contributed by atoms with E-state index in [1.165, 1.54) is 0 Å². The van der Waals surface area contributed by atoms with Gasteiger partial charge in [0.15, 0.2) is 0 Å². The van der Waals surface area contributed by atoms with Gasteiger partial charge in [-0.15, -0.1) is 0 Å². The fourth-order valence-corrected chi connectivity index (χ4v) is 2.66. The highest BCUT2D eigenvalue weighted by Gasteiger charge is 2.13. The Morgan fingerprint density at radius 2 is 1.96 bits per heavy atom. The second-order valence-corrected chi connectivity index (χ2v) is 5.45. The smallest absolute Gasteiger partial charge is 0.240 e. The first-order chi connectivity index (χ1) is 11.2. The first-order valence-electron chi connectivity index (χ1n) is 7.73. The Morgan fingerprint density at radius 1 is 1.17 bits per heavy atom. The lowest BCUT2D eigenvalue weighted by molar-refractivity contribution is -0.121. The van der Waals surface area contributed by atoms with Crippen LogP contribution in [0.2, 0.25) is 0 Å². The number of aromatic nitrogens is 2. The second kappa shape index (κ2) is 6.52. The molecule has 3 rings (SSSR count). The van der Waals surface area contributed by atoms with E-state index >= 15 is 0 Å². The molecule has 5 nitrogen and oxygen atoms in total. The maximum Gasteiger partial charge on any atom is 0.240 e. The summed E-state index contributed by atoms with van der Waals surface area (Å²) >= 11 is 0. The van der Waals surface area contributed by atoms with Gasteiger partial charge in [0.05, 0.1) is 11.2 Å². The molecule has 5 heteroatoms. The summed E-state index contributed by atoms with van der Waals surface area (Å²) in [5.74, 6) is 0.832. The van der Waals surface area contributed by atoms with E-state index < -0.39 is 0 Å². The minimum Gasteiger partial charge on any atom is -0.397 e. The predicted octanol–water partition coefficient (Wildman–Crippen LogP) is 2.50. The van der Waals surface area contributed by atoms with Crippen LogP contribution in [0.15, 0.2) is 48.5 Å². The molecule has 23 heavy (non-hydrogen) atoms. The van der Waals surface area contributed by atoms with Crippen molar-refractivity contribution in [3.63, 3.8) is 0 Å². The molecule has 0 spiro atoms. The molecule has 0 aliphatic heterocycles. The van der Waals surface area contributed by atoms with E-state index in [9.17, 15) is 4.79 Å². The number of nitrogens with two attached hydrogens (primary N) is 1. The summed E-state index contributed by atoms with van der Waals surface area (Å²) in [5.41, 5.74) is 9.37. The molecule has 0 aliphatic rings. The molecule has 2 aromatic carbocycles. The average Bonchev–Trinajstić information content (AvgIpc) is 2.93. The lowest BCUT2D eigenvalue weighted by Crippen LogP contribution is -2.27. The van der Waals surface area contributed by atoms with Crippen LogP contribution >= 0.6 is 0 Å². The Hall–Kier alpha value is -2.82. The number of anilines is 1. The van der Waals surface area contributed by atoms with Gasteiger partial charge in [0.1, 0.15) is 17.9 Å². The zero-order chi connectivity index (χ0) is 16.2. The number of aryl methyl sites for hydroxylation is 1. The topological polar surface area (TPSA) is 72.9 Å². The SMILES string of the molecule is CCc1nc2c(N)cccc2n1CC(=O)NCc1ccccc1. The molecule has 3 aromatic rings. The molecule has 0 saturated heterocycles. The van der Waals surface area contributed by atoms with E-state index in [1.807, 2.05) is 60.0 Å². The van der Waals surface area contributed by atoms with E-state index in [0.29, 0.717) is 12.2 Å². The summed E-state index contributed by atoms with van der Waals surface area (Å²) in [7, 11) is 0. The number of carbonyl (C=O) groups excluding carboxylic acids is 1. The van der Waals surface area contributed by atoms with Crippen LogP contribution in [0.4, 0.5) is 5.69 Å². The molecule has 118 valence electrons. The molecule has 0 radical (unpaired) electrons. The monoisotopic (exact) mass is 308 g/mol. The molecule has 0 unspecified atom stereocenters. The molecule has 0 bridgehead atoms. The Morgan fingerprint density at radius 3 is 2.70 bits per heavy atom. The van der Waals surface area contributed by atoms with E-state index in [2.05, 4.69) is 10.3 Å². The van der Waals surface area contributed by atoms with Crippen molar-refractivity contribution in [3.8, 4) is 0 Å². The largest absolute Gasteiger partial charge is 0.397 e. The number of rotatable bonds is 5. The van der Waals surface area contributed by atoms with Crippen molar-refractivity contribution in [1.82, 2.24) is 14.9 Å². The minimum atomic E-state index is -0.0368.